The highest BCUT2D eigenvalue weighted by atomic mass is 16.5. The first-order valence-electron chi connectivity index (χ1n) is 6.49. The van der Waals surface area contributed by atoms with Gasteiger partial charge in [0.1, 0.15) is 5.75 Å². The molecule has 0 bridgehead atoms. The van der Waals surface area contributed by atoms with Crippen LogP contribution in [0.25, 0.3) is 0 Å². The van der Waals surface area contributed by atoms with Gasteiger partial charge in [-0.15, -0.1) is 0 Å². The second-order valence-electron chi connectivity index (χ2n) is 4.63. The number of anilines is 1. The summed E-state index contributed by atoms with van der Waals surface area (Å²) in [6, 6.07) is 6.06. The number of methoxy groups -OCH3 is 1. The van der Waals surface area contributed by atoms with E-state index in [0.717, 1.165) is 44.0 Å². The second-order valence-corrected chi connectivity index (χ2v) is 4.63. The van der Waals surface area contributed by atoms with Crippen molar-refractivity contribution in [1.29, 1.82) is 0 Å². The van der Waals surface area contributed by atoms with Gasteiger partial charge < -0.3 is 20.1 Å². The van der Waals surface area contributed by atoms with Gasteiger partial charge in [-0.25, -0.2) is 0 Å². The number of rotatable bonds is 3. The van der Waals surface area contributed by atoms with E-state index < -0.39 is 0 Å². The highest BCUT2D eigenvalue weighted by Crippen LogP contribution is 2.33. The first-order valence-corrected chi connectivity index (χ1v) is 6.49. The van der Waals surface area contributed by atoms with Crippen molar-refractivity contribution >= 4 is 5.69 Å². The Kier molecular flexibility index (Phi) is 4.44. The van der Waals surface area contributed by atoms with E-state index in [1.54, 1.807) is 7.11 Å². The molecular weight excluding hydrogens is 228 g/mol. The molecule has 1 atom stereocenters. The Labute approximate surface area is 109 Å². The van der Waals surface area contributed by atoms with Crippen LogP contribution in [0.4, 0.5) is 5.69 Å². The summed E-state index contributed by atoms with van der Waals surface area (Å²) in [5.74, 6) is 0.868. The lowest BCUT2D eigenvalue weighted by Crippen LogP contribution is -2.28. The molecule has 4 heteroatoms. The van der Waals surface area contributed by atoms with Crippen LogP contribution in [0.2, 0.25) is 0 Å². The van der Waals surface area contributed by atoms with Crippen LogP contribution < -0.4 is 15.4 Å². The highest BCUT2D eigenvalue weighted by Gasteiger charge is 2.18. The van der Waals surface area contributed by atoms with Crippen molar-refractivity contribution in [3.05, 3.63) is 23.8 Å². The van der Waals surface area contributed by atoms with Crippen molar-refractivity contribution in [2.45, 2.75) is 19.4 Å². The third kappa shape index (κ3) is 2.76. The summed E-state index contributed by atoms with van der Waals surface area (Å²) in [4.78, 5) is 2.34. The zero-order valence-corrected chi connectivity index (χ0v) is 11.2. The van der Waals surface area contributed by atoms with Crippen LogP contribution in [0.1, 0.15) is 24.9 Å². The van der Waals surface area contributed by atoms with Gasteiger partial charge in [-0.3, -0.25) is 0 Å². The predicted octanol–water partition coefficient (Wildman–Crippen LogP) is 1.94. The Morgan fingerprint density at radius 3 is 2.89 bits per heavy atom. The Hall–Kier alpha value is -1.26. The Balaban J connectivity index is 2.35. The zero-order chi connectivity index (χ0) is 13.0. The molecule has 1 aliphatic heterocycles. The summed E-state index contributed by atoms with van der Waals surface area (Å²) in [6.07, 6.45) is 1.05. The van der Waals surface area contributed by atoms with Crippen LogP contribution in [0.5, 0.6) is 5.75 Å². The lowest BCUT2D eigenvalue weighted by molar-refractivity contribution is 0.152. The normalized spacial score (nSPS) is 18.3. The molecular formula is C14H22N2O2. The largest absolute Gasteiger partial charge is 0.496 e. The molecule has 1 heterocycles. The van der Waals surface area contributed by atoms with E-state index in [4.69, 9.17) is 15.2 Å². The smallest absolute Gasteiger partial charge is 0.125 e. The van der Waals surface area contributed by atoms with Crippen LogP contribution in [0.3, 0.4) is 0 Å². The van der Waals surface area contributed by atoms with Crippen molar-refractivity contribution in [3.8, 4) is 5.75 Å². The summed E-state index contributed by atoms with van der Waals surface area (Å²) >= 11 is 0. The molecule has 100 valence electrons. The Morgan fingerprint density at radius 1 is 1.33 bits per heavy atom. The fraction of sp³-hybridized carbons (Fsp3) is 0.571. The molecule has 1 aromatic carbocycles. The number of nitrogens with zero attached hydrogens (tertiary/aromatic N) is 1. The molecule has 1 fully saturated rings. The monoisotopic (exact) mass is 250 g/mol. The van der Waals surface area contributed by atoms with Gasteiger partial charge in [0, 0.05) is 37.0 Å². The number of ether oxygens (including phenoxy) is 2. The average Bonchev–Trinajstić information content (AvgIpc) is 2.66. The minimum atomic E-state index is -0.0414. The number of benzene rings is 1. The van der Waals surface area contributed by atoms with Crippen LogP contribution in [0.15, 0.2) is 18.2 Å². The molecule has 2 N–H and O–H groups in total. The molecule has 18 heavy (non-hydrogen) atoms. The van der Waals surface area contributed by atoms with Crippen LogP contribution in [-0.4, -0.2) is 33.4 Å². The zero-order valence-electron chi connectivity index (χ0n) is 11.2. The Bertz CT molecular complexity index is 385. The summed E-state index contributed by atoms with van der Waals surface area (Å²) in [6.45, 7) is 5.53. The molecule has 0 saturated carbocycles. The fourth-order valence-corrected chi connectivity index (χ4v) is 2.43. The van der Waals surface area contributed by atoms with E-state index in [1.807, 2.05) is 19.1 Å². The maximum atomic E-state index is 6.10. The maximum absolute atomic E-state index is 6.10. The van der Waals surface area contributed by atoms with E-state index in [0.29, 0.717) is 0 Å². The van der Waals surface area contributed by atoms with Gasteiger partial charge in [-0.05, 0) is 25.5 Å². The predicted molar refractivity (Wildman–Crippen MR) is 73.2 cm³/mol. The van der Waals surface area contributed by atoms with E-state index in [-0.39, 0.29) is 6.04 Å². The third-order valence-corrected chi connectivity index (χ3v) is 3.28. The van der Waals surface area contributed by atoms with E-state index in [2.05, 4.69) is 11.0 Å². The SMILES string of the molecule is COc1cccc(N2CCCOCC2)c1[C@H](C)N. The second kappa shape index (κ2) is 6.07. The summed E-state index contributed by atoms with van der Waals surface area (Å²) in [7, 11) is 1.69. The van der Waals surface area contributed by atoms with E-state index in [1.165, 1.54) is 5.69 Å². The fourth-order valence-electron chi connectivity index (χ4n) is 2.43. The van der Waals surface area contributed by atoms with Gasteiger partial charge in [0.25, 0.3) is 0 Å². The van der Waals surface area contributed by atoms with Gasteiger partial charge in [-0.2, -0.15) is 0 Å². The summed E-state index contributed by atoms with van der Waals surface area (Å²) < 4.78 is 10.9. The molecule has 0 spiro atoms. The molecule has 4 nitrogen and oxygen atoms in total. The Morgan fingerprint density at radius 2 is 2.17 bits per heavy atom. The quantitative estimate of drug-likeness (QED) is 0.890. The van der Waals surface area contributed by atoms with Crippen LogP contribution in [-0.2, 0) is 4.74 Å². The molecule has 0 aliphatic carbocycles. The number of hydrogen-bond acceptors (Lipinski definition) is 4. The van der Waals surface area contributed by atoms with Crippen molar-refractivity contribution in [2.24, 2.45) is 5.73 Å². The van der Waals surface area contributed by atoms with Crippen LogP contribution >= 0.6 is 0 Å². The van der Waals surface area contributed by atoms with Crippen molar-refractivity contribution < 1.29 is 9.47 Å². The third-order valence-electron chi connectivity index (χ3n) is 3.28. The molecule has 1 aromatic rings. The molecule has 0 amide bonds. The van der Waals surface area contributed by atoms with Gasteiger partial charge in [0.15, 0.2) is 0 Å². The number of nitrogens with two attached hydrogens (primary N) is 1. The summed E-state index contributed by atoms with van der Waals surface area (Å²) in [5, 5.41) is 0. The first-order chi connectivity index (χ1) is 8.74. The lowest BCUT2D eigenvalue weighted by atomic mass is 10.0. The van der Waals surface area contributed by atoms with E-state index >= 15 is 0 Å². The highest BCUT2D eigenvalue weighted by molar-refractivity contribution is 5.60. The molecule has 0 radical (unpaired) electrons. The standard InChI is InChI=1S/C14H22N2O2/c1-11(15)14-12(5-3-6-13(14)17-2)16-7-4-9-18-10-8-16/h3,5-6,11H,4,7-10,15H2,1-2H3/t11-/m0/s1. The van der Waals surface area contributed by atoms with Crippen molar-refractivity contribution in [3.63, 3.8) is 0 Å². The van der Waals surface area contributed by atoms with Gasteiger partial charge in [0.2, 0.25) is 0 Å². The van der Waals surface area contributed by atoms with Gasteiger partial charge in [-0.1, -0.05) is 6.07 Å². The van der Waals surface area contributed by atoms with Crippen molar-refractivity contribution in [2.75, 3.05) is 38.3 Å². The topological polar surface area (TPSA) is 47.7 Å². The van der Waals surface area contributed by atoms with Gasteiger partial charge >= 0.3 is 0 Å². The minimum Gasteiger partial charge on any atom is -0.496 e. The first kappa shape index (κ1) is 13.2. The van der Waals surface area contributed by atoms with Gasteiger partial charge in [0.05, 0.1) is 13.7 Å². The van der Waals surface area contributed by atoms with Crippen LogP contribution in [0, 0.1) is 0 Å². The molecule has 1 aliphatic rings. The average molecular weight is 250 g/mol. The minimum absolute atomic E-state index is 0.0414. The lowest BCUT2D eigenvalue weighted by Gasteiger charge is -2.27. The molecule has 1 saturated heterocycles. The molecule has 0 aromatic heterocycles. The maximum Gasteiger partial charge on any atom is 0.125 e. The molecule has 2 rings (SSSR count). The number of hydrogen-bond donors (Lipinski definition) is 1. The van der Waals surface area contributed by atoms with E-state index in [9.17, 15) is 0 Å². The molecule has 0 unspecified atom stereocenters. The summed E-state index contributed by atoms with van der Waals surface area (Å²) in [5.41, 5.74) is 8.36. The van der Waals surface area contributed by atoms with Crippen molar-refractivity contribution in [1.82, 2.24) is 0 Å².